The van der Waals surface area contributed by atoms with E-state index >= 15 is 0 Å². The molecular formula is C11H22N2O4S. The molecule has 0 radical (unpaired) electrons. The maximum Gasteiger partial charge on any atom is 0.223 e. The standard InChI is InChI=1S/C11H22N2O4S/c1-17-9-8-13(18(2,15)16)7-6-12-11(14)10-4-3-5-10/h10H,3-9H2,1-2H3,(H,12,14). The maximum atomic E-state index is 11.6. The molecular weight excluding hydrogens is 256 g/mol. The SMILES string of the molecule is COCCN(CCNC(=O)C1CCC1)S(C)(=O)=O. The van der Waals surface area contributed by atoms with Crippen LogP contribution in [-0.4, -0.2) is 58.2 Å². The van der Waals surface area contributed by atoms with Crippen LogP contribution in [0.15, 0.2) is 0 Å². The third-order valence-corrected chi connectivity index (χ3v) is 4.45. The number of carbonyl (C=O) groups excluding carboxylic acids is 1. The van der Waals surface area contributed by atoms with Crippen LogP contribution in [0.1, 0.15) is 19.3 Å². The van der Waals surface area contributed by atoms with Crippen LogP contribution in [0.2, 0.25) is 0 Å². The minimum Gasteiger partial charge on any atom is -0.383 e. The van der Waals surface area contributed by atoms with Gasteiger partial charge in [0.15, 0.2) is 0 Å². The van der Waals surface area contributed by atoms with E-state index in [1.165, 1.54) is 11.4 Å². The molecule has 0 aromatic carbocycles. The molecule has 106 valence electrons. The number of carbonyl (C=O) groups is 1. The summed E-state index contributed by atoms with van der Waals surface area (Å²) in [6.07, 6.45) is 4.17. The van der Waals surface area contributed by atoms with Crippen LogP contribution >= 0.6 is 0 Å². The predicted octanol–water partition coefficient (Wildman–Crippen LogP) is -0.189. The van der Waals surface area contributed by atoms with Gasteiger partial charge in [0.2, 0.25) is 15.9 Å². The first-order valence-corrected chi connectivity index (χ1v) is 8.01. The first-order chi connectivity index (χ1) is 8.45. The number of hydrogen-bond donors (Lipinski definition) is 1. The van der Waals surface area contributed by atoms with Gasteiger partial charge in [0.25, 0.3) is 0 Å². The molecule has 6 nitrogen and oxygen atoms in total. The molecule has 1 saturated carbocycles. The summed E-state index contributed by atoms with van der Waals surface area (Å²) in [6.45, 7) is 1.31. The number of methoxy groups -OCH3 is 1. The molecule has 0 unspecified atom stereocenters. The first kappa shape index (κ1) is 15.4. The van der Waals surface area contributed by atoms with E-state index in [2.05, 4.69) is 5.32 Å². The molecule has 0 spiro atoms. The van der Waals surface area contributed by atoms with Crippen LogP contribution in [0.3, 0.4) is 0 Å². The van der Waals surface area contributed by atoms with Gasteiger partial charge in [-0.15, -0.1) is 0 Å². The lowest BCUT2D eigenvalue weighted by Gasteiger charge is -2.25. The van der Waals surface area contributed by atoms with Gasteiger partial charge in [-0.25, -0.2) is 8.42 Å². The summed E-state index contributed by atoms with van der Waals surface area (Å²) in [5.74, 6) is 0.178. The molecule has 0 aliphatic heterocycles. The van der Waals surface area contributed by atoms with Gasteiger partial charge in [-0.05, 0) is 12.8 Å². The Morgan fingerprint density at radius 1 is 1.39 bits per heavy atom. The quantitative estimate of drug-likeness (QED) is 0.668. The monoisotopic (exact) mass is 278 g/mol. The van der Waals surface area contributed by atoms with Crippen molar-refractivity contribution in [3.05, 3.63) is 0 Å². The van der Waals surface area contributed by atoms with Crippen LogP contribution in [0, 0.1) is 5.92 Å². The summed E-state index contributed by atoms with van der Waals surface area (Å²) in [7, 11) is -1.72. The Labute approximate surface area is 109 Å². The molecule has 1 amide bonds. The number of hydrogen-bond acceptors (Lipinski definition) is 4. The Hall–Kier alpha value is -0.660. The lowest BCUT2D eigenvalue weighted by atomic mass is 9.85. The summed E-state index contributed by atoms with van der Waals surface area (Å²) in [6, 6.07) is 0. The van der Waals surface area contributed by atoms with Gasteiger partial charge in [0.05, 0.1) is 12.9 Å². The van der Waals surface area contributed by atoms with E-state index in [9.17, 15) is 13.2 Å². The number of rotatable bonds is 8. The topological polar surface area (TPSA) is 75.7 Å². The lowest BCUT2D eigenvalue weighted by molar-refractivity contribution is -0.127. The van der Waals surface area contributed by atoms with Crippen molar-refractivity contribution in [3.63, 3.8) is 0 Å². The zero-order chi connectivity index (χ0) is 13.6. The summed E-state index contributed by atoms with van der Waals surface area (Å²) in [5, 5.41) is 2.78. The van der Waals surface area contributed by atoms with Crippen molar-refractivity contribution in [2.75, 3.05) is 39.6 Å². The third-order valence-electron chi connectivity index (χ3n) is 3.15. The Kier molecular flexibility index (Phi) is 6.04. The Bertz CT molecular complexity index is 365. The van der Waals surface area contributed by atoms with Crippen molar-refractivity contribution >= 4 is 15.9 Å². The molecule has 1 N–H and O–H groups in total. The Morgan fingerprint density at radius 2 is 2.06 bits per heavy atom. The molecule has 1 aliphatic carbocycles. The number of amides is 1. The van der Waals surface area contributed by atoms with Crippen LogP contribution < -0.4 is 5.32 Å². The number of ether oxygens (including phenoxy) is 1. The van der Waals surface area contributed by atoms with Crippen LogP contribution in [0.4, 0.5) is 0 Å². The van der Waals surface area contributed by atoms with Crippen molar-refractivity contribution in [1.82, 2.24) is 9.62 Å². The van der Waals surface area contributed by atoms with E-state index in [-0.39, 0.29) is 11.8 Å². The van der Waals surface area contributed by atoms with E-state index in [0.29, 0.717) is 26.2 Å². The fourth-order valence-electron chi connectivity index (χ4n) is 1.76. The van der Waals surface area contributed by atoms with E-state index in [1.54, 1.807) is 0 Å². The maximum absolute atomic E-state index is 11.6. The minimum atomic E-state index is -3.24. The van der Waals surface area contributed by atoms with Crippen molar-refractivity contribution in [1.29, 1.82) is 0 Å². The van der Waals surface area contributed by atoms with E-state index in [1.807, 2.05) is 0 Å². The average Bonchev–Trinajstić information content (AvgIpc) is 2.18. The van der Waals surface area contributed by atoms with Gasteiger partial charge in [-0.3, -0.25) is 4.79 Å². The second-order valence-electron chi connectivity index (χ2n) is 4.57. The zero-order valence-electron chi connectivity index (χ0n) is 11.0. The molecule has 7 heteroatoms. The molecule has 0 bridgehead atoms. The van der Waals surface area contributed by atoms with E-state index in [4.69, 9.17) is 4.74 Å². The van der Waals surface area contributed by atoms with Crippen LogP contribution in [0.5, 0.6) is 0 Å². The van der Waals surface area contributed by atoms with Crippen molar-refractivity contribution in [2.45, 2.75) is 19.3 Å². The molecule has 0 aromatic heterocycles. The predicted molar refractivity (Wildman–Crippen MR) is 68.6 cm³/mol. The number of nitrogens with zero attached hydrogens (tertiary/aromatic N) is 1. The van der Waals surface area contributed by atoms with Crippen molar-refractivity contribution < 1.29 is 17.9 Å². The van der Waals surface area contributed by atoms with Crippen molar-refractivity contribution in [3.8, 4) is 0 Å². The zero-order valence-corrected chi connectivity index (χ0v) is 11.8. The van der Waals surface area contributed by atoms with Gasteiger partial charge >= 0.3 is 0 Å². The molecule has 1 rings (SSSR count). The number of nitrogens with one attached hydrogen (secondary N) is 1. The average molecular weight is 278 g/mol. The Morgan fingerprint density at radius 3 is 2.50 bits per heavy atom. The second kappa shape index (κ2) is 7.06. The van der Waals surface area contributed by atoms with Crippen LogP contribution in [-0.2, 0) is 19.6 Å². The van der Waals surface area contributed by atoms with Gasteiger partial charge in [-0.2, -0.15) is 4.31 Å². The lowest BCUT2D eigenvalue weighted by Crippen LogP contribution is -2.42. The van der Waals surface area contributed by atoms with Crippen molar-refractivity contribution in [2.24, 2.45) is 5.92 Å². The largest absolute Gasteiger partial charge is 0.383 e. The summed E-state index contributed by atoms with van der Waals surface area (Å²) in [4.78, 5) is 11.6. The highest BCUT2D eigenvalue weighted by atomic mass is 32.2. The molecule has 0 aromatic rings. The van der Waals surface area contributed by atoms with Crippen LogP contribution in [0.25, 0.3) is 0 Å². The second-order valence-corrected chi connectivity index (χ2v) is 6.56. The number of sulfonamides is 1. The highest BCUT2D eigenvalue weighted by molar-refractivity contribution is 7.88. The highest BCUT2D eigenvalue weighted by Gasteiger charge is 2.25. The van der Waals surface area contributed by atoms with E-state index in [0.717, 1.165) is 25.5 Å². The molecule has 0 saturated heterocycles. The smallest absolute Gasteiger partial charge is 0.223 e. The molecule has 0 heterocycles. The Balaban J connectivity index is 2.30. The molecule has 1 aliphatic rings. The third kappa shape index (κ3) is 4.91. The van der Waals surface area contributed by atoms with Gasteiger partial charge < -0.3 is 10.1 Å². The van der Waals surface area contributed by atoms with E-state index < -0.39 is 10.0 Å². The highest BCUT2D eigenvalue weighted by Crippen LogP contribution is 2.25. The summed E-state index contributed by atoms with van der Waals surface area (Å²) >= 11 is 0. The molecule has 18 heavy (non-hydrogen) atoms. The summed E-state index contributed by atoms with van der Waals surface area (Å²) in [5.41, 5.74) is 0. The normalized spacial score (nSPS) is 16.6. The van der Waals surface area contributed by atoms with Gasteiger partial charge in [-0.1, -0.05) is 6.42 Å². The fourth-order valence-corrected chi connectivity index (χ4v) is 2.58. The minimum absolute atomic E-state index is 0.0430. The molecule has 1 fully saturated rings. The molecule has 0 atom stereocenters. The van der Waals surface area contributed by atoms with Gasteiger partial charge in [0, 0.05) is 32.7 Å². The summed E-state index contributed by atoms with van der Waals surface area (Å²) < 4.78 is 29.1. The first-order valence-electron chi connectivity index (χ1n) is 6.17. The fraction of sp³-hybridized carbons (Fsp3) is 0.909. The van der Waals surface area contributed by atoms with Gasteiger partial charge in [0.1, 0.15) is 0 Å².